The third-order valence-electron chi connectivity index (χ3n) is 5.94. The number of pyridine rings is 1. The maximum absolute atomic E-state index is 13.5. The SMILES string of the molecule is COc1cc2c(=O)[nH]c(Cc3ccc(-c4cc(F)cc(F)c4)nc3)nc2cc1O[C@@H]1CCCNC1. The van der Waals surface area contributed by atoms with Crippen molar-refractivity contribution in [1.29, 1.82) is 0 Å². The summed E-state index contributed by atoms with van der Waals surface area (Å²) in [6.07, 6.45) is 3.91. The predicted octanol–water partition coefficient (Wildman–Crippen LogP) is 3.99. The van der Waals surface area contributed by atoms with Gasteiger partial charge in [-0.2, -0.15) is 0 Å². The average molecular weight is 478 g/mol. The number of rotatable bonds is 6. The van der Waals surface area contributed by atoms with Crippen molar-refractivity contribution in [3.05, 3.63) is 82.0 Å². The predicted molar refractivity (Wildman–Crippen MR) is 128 cm³/mol. The lowest BCUT2D eigenvalue weighted by molar-refractivity contribution is 0.161. The number of ether oxygens (including phenoxy) is 2. The van der Waals surface area contributed by atoms with Gasteiger partial charge in [-0.25, -0.2) is 13.8 Å². The monoisotopic (exact) mass is 478 g/mol. The van der Waals surface area contributed by atoms with Crippen molar-refractivity contribution in [2.75, 3.05) is 20.2 Å². The minimum Gasteiger partial charge on any atom is -0.493 e. The minimum atomic E-state index is -0.663. The van der Waals surface area contributed by atoms with Crippen LogP contribution in [0.2, 0.25) is 0 Å². The zero-order chi connectivity index (χ0) is 24.4. The molecule has 0 radical (unpaired) electrons. The summed E-state index contributed by atoms with van der Waals surface area (Å²) in [6, 6.07) is 10.1. The number of benzene rings is 2. The van der Waals surface area contributed by atoms with E-state index in [4.69, 9.17) is 9.47 Å². The summed E-state index contributed by atoms with van der Waals surface area (Å²) in [5, 5.41) is 3.72. The number of hydrogen-bond donors (Lipinski definition) is 2. The lowest BCUT2D eigenvalue weighted by atomic mass is 10.1. The first-order valence-electron chi connectivity index (χ1n) is 11.4. The molecule has 0 spiro atoms. The highest BCUT2D eigenvalue weighted by molar-refractivity contribution is 5.81. The lowest BCUT2D eigenvalue weighted by Crippen LogP contribution is -2.37. The fourth-order valence-electron chi connectivity index (χ4n) is 4.23. The number of methoxy groups -OCH3 is 1. The van der Waals surface area contributed by atoms with Gasteiger partial charge in [0.2, 0.25) is 0 Å². The molecule has 1 saturated heterocycles. The van der Waals surface area contributed by atoms with E-state index in [0.29, 0.717) is 45.9 Å². The van der Waals surface area contributed by atoms with Gasteiger partial charge in [-0.3, -0.25) is 9.78 Å². The van der Waals surface area contributed by atoms with Gasteiger partial charge in [0, 0.05) is 36.9 Å². The van der Waals surface area contributed by atoms with E-state index in [1.165, 1.54) is 19.2 Å². The molecular formula is C26H24F2N4O3. The number of hydrogen-bond acceptors (Lipinski definition) is 6. The lowest BCUT2D eigenvalue weighted by Gasteiger charge is -2.24. The first kappa shape index (κ1) is 22.9. The maximum atomic E-state index is 13.5. The second-order valence-corrected chi connectivity index (χ2v) is 8.51. The Labute approximate surface area is 200 Å². The van der Waals surface area contributed by atoms with Crippen LogP contribution in [-0.4, -0.2) is 41.3 Å². The molecule has 4 aromatic rings. The Kier molecular flexibility index (Phi) is 6.41. The second-order valence-electron chi connectivity index (χ2n) is 8.51. The van der Waals surface area contributed by atoms with E-state index in [2.05, 4.69) is 20.3 Å². The van der Waals surface area contributed by atoms with Crippen molar-refractivity contribution >= 4 is 10.9 Å². The number of halogens is 2. The molecule has 1 aliphatic rings. The fraction of sp³-hybridized carbons (Fsp3) is 0.269. The van der Waals surface area contributed by atoms with Crippen LogP contribution in [0, 0.1) is 11.6 Å². The van der Waals surface area contributed by atoms with Gasteiger partial charge in [-0.1, -0.05) is 6.07 Å². The Bertz CT molecular complexity index is 1400. The molecule has 9 heteroatoms. The molecule has 7 nitrogen and oxygen atoms in total. The van der Waals surface area contributed by atoms with Gasteiger partial charge >= 0.3 is 0 Å². The number of nitrogens with zero attached hydrogens (tertiary/aromatic N) is 2. The van der Waals surface area contributed by atoms with Crippen LogP contribution in [0.25, 0.3) is 22.2 Å². The molecule has 3 heterocycles. The van der Waals surface area contributed by atoms with E-state index < -0.39 is 11.6 Å². The second kappa shape index (κ2) is 9.79. The topological polar surface area (TPSA) is 89.1 Å². The molecule has 1 fully saturated rings. The van der Waals surface area contributed by atoms with E-state index in [1.54, 1.807) is 30.5 Å². The van der Waals surface area contributed by atoms with Gasteiger partial charge in [0.25, 0.3) is 5.56 Å². The van der Waals surface area contributed by atoms with E-state index in [9.17, 15) is 13.6 Å². The summed E-state index contributed by atoms with van der Waals surface area (Å²) in [4.78, 5) is 24.5. The van der Waals surface area contributed by atoms with E-state index >= 15 is 0 Å². The quantitative estimate of drug-likeness (QED) is 0.436. The van der Waals surface area contributed by atoms with E-state index in [1.807, 2.05) is 0 Å². The Morgan fingerprint density at radius 1 is 1.09 bits per heavy atom. The molecule has 0 saturated carbocycles. The van der Waals surface area contributed by atoms with Crippen molar-refractivity contribution in [3.63, 3.8) is 0 Å². The van der Waals surface area contributed by atoms with Crippen LogP contribution in [-0.2, 0) is 6.42 Å². The highest BCUT2D eigenvalue weighted by Crippen LogP contribution is 2.32. The highest BCUT2D eigenvalue weighted by atomic mass is 19.1. The molecular weight excluding hydrogens is 454 g/mol. The zero-order valence-electron chi connectivity index (χ0n) is 19.1. The number of piperidine rings is 1. The first-order valence-corrected chi connectivity index (χ1v) is 11.4. The number of aromatic amines is 1. The molecule has 180 valence electrons. The highest BCUT2D eigenvalue weighted by Gasteiger charge is 2.18. The minimum absolute atomic E-state index is 0.0210. The molecule has 35 heavy (non-hydrogen) atoms. The normalized spacial score (nSPS) is 15.8. The van der Waals surface area contributed by atoms with Crippen molar-refractivity contribution in [2.45, 2.75) is 25.4 Å². The molecule has 0 aliphatic carbocycles. The van der Waals surface area contributed by atoms with Crippen LogP contribution < -0.4 is 20.3 Å². The van der Waals surface area contributed by atoms with Gasteiger partial charge in [0.1, 0.15) is 23.6 Å². The van der Waals surface area contributed by atoms with E-state index in [-0.39, 0.29) is 11.7 Å². The Morgan fingerprint density at radius 3 is 2.60 bits per heavy atom. The Hall–Kier alpha value is -3.85. The molecule has 0 unspecified atom stereocenters. The van der Waals surface area contributed by atoms with Crippen molar-refractivity contribution in [3.8, 4) is 22.8 Å². The maximum Gasteiger partial charge on any atom is 0.258 e. The van der Waals surface area contributed by atoms with Crippen molar-refractivity contribution in [2.24, 2.45) is 0 Å². The van der Waals surface area contributed by atoms with Crippen molar-refractivity contribution in [1.82, 2.24) is 20.3 Å². The van der Waals surface area contributed by atoms with Crippen LogP contribution in [0.5, 0.6) is 11.5 Å². The molecule has 2 N–H and O–H groups in total. The molecule has 0 bridgehead atoms. The number of fused-ring (bicyclic) bond motifs is 1. The Balaban J connectivity index is 1.41. The summed E-state index contributed by atoms with van der Waals surface area (Å²) in [5.74, 6) is 0.166. The van der Waals surface area contributed by atoms with Gasteiger partial charge in [-0.15, -0.1) is 0 Å². The van der Waals surface area contributed by atoms with Gasteiger partial charge in [0.05, 0.1) is 23.7 Å². The summed E-state index contributed by atoms with van der Waals surface area (Å²) in [5.41, 5.74) is 1.79. The van der Waals surface area contributed by atoms with Gasteiger partial charge in [0.15, 0.2) is 11.5 Å². The number of aromatic nitrogens is 3. The molecule has 2 aromatic heterocycles. The average Bonchev–Trinajstić information content (AvgIpc) is 2.84. The van der Waals surface area contributed by atoms with E-state index in [0.717, 1.165) is 37.6 Å². The molecule has 0 amide bonds. The van der Waals surface area contributed by atoms with Crippen LogP contribution in [0.15, 0.2) is 53.5 Å². The molecule has 1 atom stereocenters. The largest absolute Gasteiger partial charge is 0.493 e. The van der Waals surface area contributed by atoms with Crippen LogP contribution in [0.3, 0.4) is 0 Å². The number of H-pyrrole nitrogens is 1. The number of nitrogens with one attached hydrogen (secondary N) is 2. The molecule has 2 aromatic carbocycles. The summed E-state index contributed by atoms with van der Waals surface area (Å²) >= 11 is 0. The first-order chi connectivity index (χ1) is 17.0. The van der Waals surface area contributed by atoms with Crippen LogP contribution in [0.1, 0.15) is 24.2 Å². The molecule has 1 aliphatic heterocycles. The van der Waals surface area contributed by atoms with Crippen LogP contribution in [0.4, 0.5) is 8.78 Å². The van der Waals surface area contributed by atoms with Gasteiger partial charge < -0.3 is 19.8 Å². The Morgan fingerprint density at radius 2 is 1.91 bits per heavy atom. The smallest absolute Gasteiger partial charge is 0.258 e. The standard InChI is InChI=1S/C26H24F2N4O3/c1-34-23-11-20-22(12-24(23)35-19-3-2-6-29-14-19)31-25(32-26(20)33)7-15-4-5-21(30-13-15)16-8-17(27)10-18(28)9-16/h4-5,8-13,19,29H,2-3,6-7,14H2,1H3,(H,31,32,33)/t19-/m1/s1. The molecule has 5 rings (SSSR count). The van der Waals surface area contributed by atoms with Crippen molar-refractivity contribution < 1.29 is 18.3 Å². The third kappa shape index (κ3) is 5.14. The zero-order valence-corrected chi connectivity index (χ0v) is 19.1. The summed E-state index contributed by atoms with van der Waals surface area (Å²) in [7, 11) is 1.54. The van der Waals surface area contributed by atoms with Crippen LogP contribution >= 0.6 is 0 Å². The van der Waals surface area contributed by atoms with Gasteiger partial charge in [-0.05, 0) is 49.2 Å². The summed E-state index contributed by atoms with van der Waals surface area (Å²) in [6.45, 7) is 1.73. The third-order valence-corrected chi connectivity index (χ3v) is 5.94. The fourth-order valence-corrected chi connectivity index (χ4v) is 4.23. The summed E-state index contributed by atoms with van der Waals surface area (Å²) < 4.78 is 38.7.